The zero-order chi connectivity index (χ0) is 35.0. The van der Waals surface area contributed by atoms with Gasteiger partial charge in [0.25, 0.3) is 8.32 Å². The maximum Gasteiger partial charge on any atom is 0.411 e. The van der Waals surface area contributed by atoms with Crippen molar-refractivity contribution in [2.24, 2.45) is 0 Å². The van der Waals surface area contributed by atoms with Crippen LogP contribution in [0.5, 0.6) is 5.75 Å². The molecule has 3 N–H and O–H groups in total. The Kier molecular flexibility index (Phi) is 11.6. The molecule has 0 aliphatic heterocycles. The van der Waals surface area contributed by atoms with Gasteiger partial charge in [0.2, 0.25) is 5.95 Å². The number of rotatable bonds is 15. The number of ether oxygens (including phenoxy) is 1. The summed E-state index contributed by atoms with van der Waals surface area (Å²) >= 11 is 6.07. The molecule has 0 spiro atoms. The number of amides is 1. The minimum absolute atomic E-state index is 0.0232. The summed E-state index contributed by atoms with van der Waals surface area (Å²) in [5.41, 5.74) is 3.03. The van der Waals surface area contributed by atoms with Crippen LogP contribution in [0.25, 0.3) is 11.0 Å². The minimum Gasteiger partial charge on any atom is -0.496 e. The second kappa shape index (κ2) is 15.8. The van der Waals surface area contributed by atoms with Crippen LogP contribution in [0.15, 0.2) is 85.1 Å². The molecule has 5 rings (SSSR count). The van der Waals surface area contributed by atoms with Crippen molar-refractivity contribution in [2.75, 3.05) is 24.4 Å². The van der Waals surface area contributed by atoms with Crippen LogP contribution in [-0.2, 0) is 16.9 Å². The van der Waals surface area contributed by atoms with Crippen molar-refractivity contribution < 1.29 is 19.1 Å². The monoisotopic (exact) mass is 700 g/mol. The highest BCUT2D eigenvalue weighted by atomic mass is 35.5. The van der Waals surface area contributed by atoms with Crippen LogP contribution in [0.4, 0.5) is 16.6 Å². The van der Waals surface area contributed by atoms with Gasteiger partial charge >= 0.3 is 6.09 Å². The van der Waals surface area contributed by atoms with E-state index in [1.165, 1.54) is 10.4 Å². The Morgan fingerprint density at radius 1 is 1.00 bits per heavy atom. The molecule has 0 saturated heterocycles. The number of hydrogen-bond acceptors (Lipinski definition) is 7. The lowest BCUT2D eigenvalue weighted by molar-refractivity contribution is 0.209. The van der Waals surface area contributed by atoms with Crippen molar-refractivity contribution in [1.82, 2.24) is 19.7 Å². The van der Waals surface area contributed by atoms with Crippen molar-refractivity contribution in [3.8, 4) is 5.75 Å². The molecule has 258 valence electrons. The first-order chi connectivity index (χ1) is 23.6. The number of methoxy groups -OCH3 is 1. The third-order valence-electron chi connectivity index (χ3n) is 8.71. The maximum absolute atomic E-state index is 11.6. The number of nitrogens with zero attached hydrogens (tertiary/aromatic N) is 4. The summed E-state index contributed by atoms with van der Waals surface area (Å²) in [7, 11) is -1.10. The fraction of sp³-hybridized carbons (Fsp3) is 0.351. The molecule has 1 unspecified atom stereocenters. The smallest absolute Gasteiger partial charge is 0.411 e. The van der Waals surface area contributed by atoms with Crippen LogP contribution < -0.4 is 25.7 Å². The second-order valence-corrected chi connectivity index (χ2v) is 17.6. The first-order valence-electron chi connectivity index (χ1n) is 16.6. The van der Waals surface area contributed by atoms with Crippen LogP contribution in [-0.4, -0.2) is 59.0 Å². The van der Waals surface area contributed by atoms with Gasteiger partial charge in [-0.1, -0.05) is 107 Å². The lowest BCUT2D eigenvalue weighted by atomic mass is 10.1. The van der Waals surface area contributed by atoms with Crippen LogP contribution in [0.3, 0.4) is 0 Å². The van der Waals surface area contributed by atoms with Crippen LogP contribution in [0.1, 0.15) is 58.1 Å². The molecule has 1 amide bonds. The molecular formula is C37H45ClN6O4Si. The Morgan fingerprint density at radius 3 is 2.24 bits per heavy atom. The highest BCUT2D eigenvalue weighted by Gasteiger charge is 2.50. The number of benzene rings is 3. The Morgan fingerprint density at radius 2 is 1.67 bits per heavy atom. The highest BCUT2D eigenvalue weighted by Crippen LogP contribution is 2.37. The summed E-state index contributed by atoms with van der Waals surface area (Å²) in [4.78, 5) is 20.7. The van der Waals surface area contributed by atoms with Crippen LogP contribution >= 0.6 is 11.6 Å². The van der Waals surface area contributed by atoms with Gasteiger partial charge in [-0.25, -0.2) is 9.78 Å². The van der Waals surface area contributed by atoms with Crippen molar-refractivity contribution in [3.05, 3.63) is 96.2 Å². The summed E-state index contributed by atoms with van der Waals surface area (Å²) in [6.45, 7) is 9.86. The average Bonchev–Trinajstić information content (AvgIpc) is 3.49. The molecule has 0 aliphatic carbocycles. The maximum atomic E-state index is 11.6. The van der Waals surface area contributed by atoms with Gasteiger partial charge in [0.05, 0.1) is 19.9 Å². The Bertz CT molecular complexity index is 1810. The van der Waals surface area contributed by atoms with Gasteiger partial charge in [0, 0.05) is 24.1 Å². The van der Waals surface area contributed by atoms with E-state index >= 15 is 0 Å². The van der Waals surface area contributed by atoms with Gasteiger partial charge in [-0.15, -0.1) is 11.6 Å². The zero-order valence-corrected chi connectivity index (χ0v) is 30.5. The number of alkyl halides is 1. The minimum atomic E-state index is -2.72. The van der Waals surface area contributed by atoms with Crippen LogP contribution in [0, 0.1) is 0 Å². The predicted octanol–water partition coefficient (Wildman–Crippen LogP) is 7.26. The average molecular weight is 701 g/mol. The van der Waals surface area contributed by atoms with Gasteiger partial charge in [-0.2, -0.15) is 10.1 Å². The van der Waals surface area contributed by atoms with E-state index in [-0.39, 0.29) is 17.0 Å². The van der Waals surface area contributed by atoms with E-state index in [9.17, 15) is 9.90 Å². The number of nitrogens with one attached hydrogen (secondary N) is 2. The van der Waals surface area contributed by atoms with E-state index in [2.05, 4.69) is 102 Å². The van der Waals surface area contributed by atoms with Gasteiger partial charge < -0.3 is 19.6 Å². The summed E-state index contributed by atoms with van der Waals surface area (Å²) in [6.07, 6.45) is 2.85. The molecular weight excluding hydrogens is 656 g/mol. The first kappa shape index (κ1) is 35.8. The van der Waals surface area contributed by atoms with Crippen molar-refractivity contribution >= 4 is 59.2 Å². The largest absolute Gasteiger partial charge is 0.496 e. The first-order valence-corrected chi connectivity index (χ1v) is 19.0. The van der Waals surface area contributed by atoms with E-state index in [0.29, 0.717) is 48.1 Å². The number of fused-ring (bicyclic) bond motifs is 1. The fourth-order valence-corrected chi connectivity index (χ4v) is 11.2. The lowest BCUT2D eigenvalue weighted by Crippen LogP contribution is -2.66. The fourth-order valence-electron chi connectivity index (χ4n) is 6.48. The number of halogens is 1. The van der Waals surface area contributed by atoms with Gasteiger partial charge in [-0.05, 0) is 39.9 Å². The van der Waals surface area contributed by atoms with E-state index in [1.54, 1.807) is 13.3 Å². The second-order valence-electron chi connectivity index (χ2n) is 13.1. The molecule has 1 atom stereocenters. The number of carboxylic acid groups (broad SMARTS) is 1. The van der Waals surface area contributed by atoms with Crippen molar-refractivity contribution in [1.29, 1.82) is 0 Å². The molecule has 12 heteroatoms. The van der Waals surface area contributed by atoms with E-state index in [1.807, 2.05) is 35.0 Å². The van der Waals surface area contributed by atoms with E-state index < -0.39 is 14.4 Å². The summed E-state index contributed by atoms with van der Waals surface area (Å²) < 4.78 is 14.7. The molecule has 49 heavy (non-hydrogen) atoms. The number of aromatic nitrogens is 4. The van der Waals surface area contributed by atoms with Crippen molar-refractivity contribution in [3.63, 3.8) is 0 Å². The van der Waals surface area contributed by atoms with E-state index in [4.69, 9.17) is 20.8 Å². The molecule has 3 aromatic carbocycles. The quantitative estimate of drug-likeness (QED) is 0.0771. The van der Waals surface area contributed by atoms with Gasteiger partial charge in [-0.3, -0.25) is 10.00 Å². The molecule has 5 aromatic rings. The number of carbonyl (C=O) groups is 1. The molecule has 10 nitrogen and oxygen atoms in total. The lowest BCUT2D eigenvalue weighted by Gasteiger charge is -2.43. The van der Waals surface area contributed by atoms with Gasteiger partial charge in [0.15, 0.2) is 5.82 Å². The summed E-state index contributed by atoms with van der Waals surface area (Å²) in [5, 5.41) is 22.4. The van der Waals surface area contributed by atoms with Crippen molar-refractivity contribution in [2.45, 2.75) is 70.5 Å². The molecule has 0 aliphatic rings. The third-order valence-corrected chi connectivity index (χ3v) is 14.1. The molecule has 2 heterocycles. The number of anilines is 2. The standard InChI is InChI=1S/C37H45ClN6O4Si/c1-6-13-28(20-21-48-49(37(2,3)4,29-14-9-7-10-15-29)30-16-11-8-12-17-30)40-34-33-31(41-35(42-34)43-36(45)46)24-39-44(33)25-27-19-18-26(23-38)22-32(27)47-5/h7-12,14-19,22,24,28H,6,13,20-21,23,25H2,1-5H3,(H,45,46)(H2,40,41,42,43). The molecule has 0 bridgehead atoms. The molecule has 0 saturated carbocycles. The highest BCUT2D eigenvalue weighted by molar-refractivity contribution is 6.99. The Hall–Kier alpha value is -4.45. The van der Waals surface area contributed by atoms with E-state index in [0.717, 1.165) is 24.0 Å². The third kappa shape index (κ3) is 8.06. The predicted molar refractivity (Wildman–Crippen MR) is 199 cm³/mol. The Balaban J connectivity index is 1.48. The zero-order valence-electron chi connectivity index (χ0n) is 28.7. The molecule has 2 aromatic heterocycles. The number of hydrogen-bond donors (Lipinski definition) is 3. The SMILES string of the molecule is CCCC(CCO[Si](c1ccccc1)(c1ccccc1)C(C)(C)C)Nc1nc(NC(=O)O)nc2cnn(Cc3ccc(CCl)cc3OC)c12. The molecule has 0 radical (unpaired) electrons. The topological polar surface area (TPSA) is 123 Å². The normalized spacial score (nSPS) is 12.5. The Labute approximate surface area is 294 Å². The summed E-state index contributed by atoms with van der Waals surface area (Å²) in [6, 6.07) is 27.0. The molecule has 0 fully saturated rings. The summed E-state index contributed by atoms with van der Waals surface area (Å²) in [5.74, 6) is 1.54. The van der Waals surface area contributed by atoms with Gasteiger partial charge in [0.1, 0.15) is 16.8 Å². The van der Waals surface area contributed by atoms with Crippen LogP contribution in [0.2, 0.25) is 5.04 Å².